The van der Waals surface area contributed by atoms with Crippen molar-refractivity contribution in [2.75, 3.05) is 27.3 Å². The molecule has 0 aliphatic carbocycles. The Labute approximate surface area is 189 Å². The van der Waals surface area contributed by atoms with Crippen molar-refractivity contribution in [3.63, 3.8) is 0 Å². The van der Waals surface area contributed by atoms with E-state index in [4.69, 9.17) is 15.2 Å². The molecule has 2 rings (SSSR count). The van der Waals surface area contributed by atoms with Gasteiger partial charge in [0.25, 0.3) is 0 Å². The van der Waals surface area contributed by atoms with Crippen LogP contribution in [-0.2, 0) is 13.0 Å². The van der Waals surface area contributed by atoms with E-state index in [1.54, 1.807) is 26.4 Å². The number of primary amides is 1. The standard InChI is InChI=1S/C21H28N4O3.HI/c1-4-23-21(25-14-16-5-8-17(9-6-16)20(22)26)24-12-11-15-7-10-18(27-2)19(13-15)28-3;/h5-10,13H,4,11-12,14H2,1-3H3,(H2,22,26)(H2,23,24,25);1H. The molecule has 158 valence electrons. The molecule has 0 aliphatic rings. The van der Waals surface area contributed by atoms with E-state index >= 15 is 0 Å². The van der Waals surface area contributed by atoms with Gasteiger partial charge in [-0.2, -0.15) is 0 Å². The zero-order chi connectivity index (χ0) is 20.4. The van der Waals surface area contributed by atoms with Gasteiger partial charge in [-0.15, -0.1) is 24.0 Å². The minimum absolute atomic E-state index is 0. The number of hydrogen-bond donors (Lipinski definition) is 3. The van der Waals surface area contributed by atoms with E-state index in [2.05, 4.69) is 15.6 Å². The molecule has 0 saturated heterocycles. The zero-order valence-electron chi connectivity index (χ0n) is 17.0. The van der Waals surface area contributed by atoms with Crippen LogP contribution in [0.4, 0.5) is 0 Å². The van der Waals surface area contributed by atoms with Crippen LogP contribution in [0.15, 0.2) is 47.5 Å². The molecule has 2 aromatic rings. The second kappa shape index (κ2) is 12.9. The Morgan fingerprint density at radius 1 is 1.00 bits per heavy atom. The first kappa shape index (κ1) is 24.5. The smallest absolute Gasteiger partial charge is 0.248 e. The summed E-state index contributed by atoms with van der Waals surface area (Å²) < 4.78 is 10.6. The highest BCUT2D eigenvalue weighted by atomic mass is 127. The Bertz CT molecular complexity index is 810. The fraction of sp³-hybridized carbons (Fsp3) is 0.333. The minimum atomic E-state index is -0.430. The summed E-state index contributed by atoms with van der Waals surface area (Å²) in [6.45, 7) is 4.02. The molecule has 0 aromatic heterocycles. The normalized spacial score (nSPS) is 10.7. The predicted molar refractivity (Wildman–Crippen MR) is 126 cm³/mol. The van der Waals surface area contributed by atoms with E-state index in [9.17, 15) is 4.79 Å². The number of nitrogens with one attached hydrogen (secondary N) is 2. The molecule has 4 N–H and O–H groups in total. The summed E-state index contributed by atoms with van der Waals surface area (Å²) in [5, 5.41) is 6.56. The average molecular weight is 512 g/mol. The highest BCUT2D eigenvalue weighted by molar-refractivity contribution is 14.0. The van der Waals surface area contributed by atoms with Gasteiger partial charge in [0.1, 0.15) is 0 Å². The lowest BCUT2D eigenvalue weighted by molar-refractivity contribution is 0.100. The Morgan fingerprint density at radius 3 is 2.24 bits per heavy atom. The van der Waals surface area contributed by atoms with E-state index in [1.165, 1.54) is 0 Å². The van der Waals surface area contributed by atoms with Crippen molar-refractivity contribution in [3.8, 4) is 11.5 Å². The lowest BCUT2D eigenvalue weighted by atomic mass is 10.1. The van der Waals surface area contributed by atoms with Gasteiger partial charge in [-0.3, -0.25) is 4.79 Å². The van der Waals surface area contributed by atoms with Crippen LogP contribution in [0.3, 0.4) is 0 Å². The molecule has 0 radical (unpaired) electrons. The van der Waals surface area contributed by atoms with Crippen LogP contribution in [0.1, 0.15) is 28.4 Å². The third-order valence-corrected chi connectivity index (χ3v) is 4.16. The molecule has 8 heteroatoms. The van der Waals surface area contributed by atoms with Gasteiger partial charge in [0.15, 0.2) is 17.5 Å². The fourth-order valence-electron chi connectivity index (χ4n) is 2.65. The number of halogens is 1. The van der Waals surface area contributed by atoms with Gasteiger partial charge in [-0.05, 0) is 48.7 Å². The van der Waals surface area contributed by atoms with Gasteiger partial charge >= 0.3 is 0 Å². The molecule has 0 aliphatic heterocycles. The molecule has 2 aromatic carbocycles. The van der Waals surface area contributed by atoms with Crippen LogP contribution in [0.25, 0.3) is 0 Å². The Hall–Kier alpha value is -2.49. The van der Waals surface area contributed by atoms with Crippen LogP contribution < -0.4 is 25.8 Å². The fourth-order valence-corrected chi connectivity index (χ4v) is 2.65. The van der Waals surface area contributed by atoms with Gasteiger partial charge < -0.3 is 25.8 Å². The molecular formula is C21H29IN4O3. The van der Waals surface area contributed by atoms with Crippen molar-refractivity contribution in [3.05, 3.63) is 59.2 Å². The number of nitrogens with zero attached hydrogens (tertiary/aromatic N) is 1. The summed E-state index contributed by atoms with van der Waals surface area (Å²) in [5.74, 6) is 1.75. The predicted octanol–water partition coefficient (Wildman–Crippen LogP) is 2.72. The maximum absolute atomic E-state index is 11.1. The lowest BCUT2D eigenvalue weighted by Crippen LogP contribution is -2.38. The van der Waals surface area contributed by atoms with E-state index < -0.39 is 5.91 Å². The van der Waals surface area contributed by atoms with Crippen LogP contribution in [0, 0.1) is 0 Å². The number of amides is 1. The Balaban J connectivity index is 0.00000420. The number of methoxy groups -OCH3 is 2. The maximum Gasteiger partial charge on any atom is 0.248 e. The number of carbonyl (C=O) groups excluding carboxylic acids is 1. The largest absolute Gasteiger partial charge is 0.493 e. The molecule has 0 bridgehead atoms. The molecule has 0 unspecified atom stereocenters. The number of nitrogens with two attached hydrogens (primary N) is 1. The maximum atomic E-state index is 11.1. The Morgan fingerprint density at radius 2 is 1.66 bits per heavy atom. The molecule has 1 amide bonds. The molecular weight excluding hydrogens is 483 g/mol. The van der Waals surface area contributed by atoms with Crippen molar-refractivity contribution in [2.24, 2.45) is 10.7 Å². The number of aliphatic imine (C=N–C) groups is 1. The lowest BCUT2D eigenvalue weighted by Gasteiger charge is -2.13. The van der Waals surface area contributed by atoms with Crippen molar-refractivity contribution >= 4 is 35.8 Å². The number of benzene rings is 2. The van der Waals surface area contributed by atoms with Crippen molar-refractivity contribution in [1.82, 2.24) is 10.6 Å². The number of guanidine groups is 1. The molecule has 0 saturated carbocycles. The molecule has 7 nitrogen and oxygen atoms in total. The van der Waals surface area contributed by atoms with Crippen molar-refractivity contribution in [1.29, 1.82) is 0 Å². The number of rotatable bonds is 9. The highest BCUT2D eigenvalue weighted by Gasteiger charge is 2.05. The van der Waals surface area contributed by atoms with Gasteiger partial charge in [-0.1, -0.05) is 18.2 Å². The second-order valence-electron chi connectivity index (χ2n) is 6.12. The van der Waals surface area contributed by atoms with Crippen molar-refractivity contribution in [2.45, 2.75) is 19.9 Å². The molecule has 0 heterocycles. The number of hydrogen-bond acceptors (Lipinski definition) is 4. The van der Waals surface area contributed by atoms with E-state index in [1.807, 2.05) is 37.3 Å². The van der Waals surface area contributed by atoms with Crippen LogP contribution in [0.2, 0.25) is 0 Å². The topological polar surface area (TPSA) is 98.0 Å². The third kappa shape index (κ3) is 7.80. The second-order valence-corrected chi connectivity index (χ2v) is 6.12. The van der Waals surface area contributed by atoms with E-state index in [-0.39, 0.29) is 24.0 Å². The minimum Gasteiger partial charge on any atom is -0.493 e. The first-order valence-electron chi connectivity index (χ1n) is 9.19. The first-order valence-corrected chi connectivity index (χ1v) is 9.19. The molecule has 0 atom stereocenters. The highest BCUT2D eigenvalue weighted by Crippen LogP contribution is 2.27. The summed E-state index contributed by atoms with van der Waals surface area (Å²) in [7, 11) is 3.26. The summed E-state index contributed by atoms with van der Waals surface area (Å²) in [6.07, 6.45) is 0.818. The zero-order valence-corrected chi connectivity index (χ0v) is 19.4. The quantitative estimate of drug-likeness (QED) is 0.273. The van der Waals surface area contributed by atoms with E-state index in [0.29, 0.717) is 12.1 Å². The van der Waals surface area contributed by atoms with Gasteiger partial charge in [0.2, 0.25) is 5.91 Å². The SMILES string of the molecule is CCNC(=NCc1ccc(C(N)=O)cc1)NCCc1ccc(OC)c(OC)c1.I. The van der Waals surface area contributed by atoms with Crippen molar-refractivity contribution < 1.29 is 14.3 Å². The Kier molecular flexibility index (Phi) is 10.9. The van der Waals surface area contributed by atoms with Gasteiger partial charge in [0.05, 0.1) is 20.8 Å². The number of carbonyl (C=O) groups is 1. The third-order valence-electron chi connectivity index (χ3n) is 4.16. The first-order chi connectivity index (χ1) is 13.6. The summed E-state index contributed by atoms with van der Waals surface area (Å²) in [6, 6.07) is 13.0. The molecule has 29 heavy (non-hydrogen) atoms. The van der Waals surface area contributed by atoms with Gasteiger partial charge in [-0.25, -0.2) is 4.99 Å². The van der Waals surface area contributed by atoms with Gasteiger partial charge in [0, 0.05) is 18.7 Å². The molecule has 0 fully saturated rings. The van der Waals surface area contributed by atoms with Crippen LogP contribution >= 0.6 is 24.0 Å². The molecule has 0 spiro atoms. The summed E-state index contributed by atoms with van der Waals surface area (Å²) in [4.78, 5) is 15.7. The summed E-state index contributed by atoms with van der Waals surface area (Å²) >= 11 is 0. The summed E-state index contributed by atoms with van der Waals surface area (Å²) in [5.41, 5.74) is 7.90. The average Bonchev–Trinajstić information content (AvgIpc) is 2.72. The number of ether oxygens (including phenoxy) is 2. The van der Waals surface area contributed by atoms with Crippen LogP contribution in [0.5, 0.6) is 11.5 Å². The monoisotopic (exact) mass is 512 g/mol. The van der Waals surface area contributed by atoms with Crippen LogP contribution in [-0.4, -0.2) is 39.2 Å². The van der Waals surface area contributed by atoms with E-state index in [0.717, 1.165) is 48.1 Å².